The van der Waals surface area contributed by atoms with Crippen molar-refractivity contribution in [1.29, 1.82) is 0 Å². The van der Waals surface area contributed by atoms with Crippen molar-refractivity contribution in [3.63, 3.8) is 0 Å². The normalized spacial score (nSPS) is 13.3. The fraction of sp³-hybridized carbons (Fsp3) is 0.727. The summed E-state index contributed by atoms with van der Waals surface area (Å²) in [7, 11) is 0. The number of primary amides is 1. The molecule has 9 heteroatoms. The third-order valence-corrected chi connectivity index (χ3v) is 3.90. The van der Waals surface area contributed by atoms with E-state index in [0.717, 1.165) is 0 Å². The van der Waals surface area contributed by atoms with Gasteiger partial charge in [-0.3, -0.25) is 10.1 Å². The second-order valence-electron chi connectivity index (χ2n) is 5.68. The average molecular weight is 300 g/mol. The number of nitrogens with zero attached hydrogens (tertiary/aromatic N) is 4. The van der Waals surface area contributed by atoms with Crippen LogP contribution in [0.2, 0.25) is 0 Å². The van der Waals surface area contributed by atoms with E-state index in [1.165, 1.54) is 11.8 Å². The molecule has 20 heavy (non-hydrogen) atoms. The predicted octanol–water partition coefficient (Wildman–Crippen LogP) is 0.740. The molecule has 0 aromatic carbocycles. The first-order valence-corrected chi connectivity index (χ1v) is 7.06. The van der Waals surface area contributed by atoms with Crippen LogP contribution in [0.4, 0.5) is 4.79 Å². The largest absolute Gasteiger partial charge is 0.351 e. The maximum Gasteiger partial charge on any atom is 0.318 e. The molecule has 0 aliphatic rings. The number of hydrogen-bond acceptors (Lipinski definition) is 6. The molecule has 3 amide bonds. The van der Waals surface area contributed by atoms with Gasteiger partial charge in [-0.1, -0.05) is 25.6 Å². The highest BCUT2D eigenvalue weighted by molar-refractivity contribution is 8.00. The van der Waals surface area contributed by atoms with Crippen LogP contribution >= 0.6 is 11.8 Å². The van der Waals surface area contributed by atoms with Crippen LogP contribution in [0.5, 0.6) is 0 Å². The van der Waals surface area contributed by atoms with E-state index in [1.807, 2.05) is 34.6 Å². The van der Waals surface area contributed by atoms with Crippen LogP contribution in [0.3, 0.4) is 0 Å². The third-order valence-electron chi connectivity index (χ3n) is 2.42. The first-order chi connectivity index (χ1) is 9.12. The van der Waals surface area contributed by atoms with Crippen molar-refractivity contribution in [2.75, 3.05) is 0 Å². The van der Waals surface area contributed by atoms with Crippen molar-refractivity contribution in [1.82, 2.24) is 25.5 Å². The molecule has 1 atom stereocenters. The van der Waals surface area contributed by atoms with E-state index in [4.69, 9.17) is 5.73 Å². The van der Waals surface area contributed by atoms with Gasteiger partial charge in [-0.2, -0.15) is 0 Å². The average Bonchev–Trinajstić information content (AvgIpc) is 2.71. The van der Waals surface area contributed by atoms with Gasteiger partial charge in [-0.05, 0) is 37.1 Å². The molecule has 0 bridgehead atoms. The summed E-state index contributed by atoms with van der Waals surface area (Å²) in [4.78, 5) is 22.8. The summed E-state index contributed by atoms with van der Waals surface area (Å²) in [5.41, 5.74) is 4.68. The number of thioether (sulfide) groups is 1. The Balaban J connectivity index is 2.95. The number of nitrogens with two attached hydrogens (primary N) is 1. The second kappa shape index (κ2) is 6.21. The van der Waals surface area contributed by atoms with Gasteiger partial charge in [0.2, 0.25) is 11.1 Å². The summed E-state index contributed by atoms with van der Waals surface area (Å²) in [6, 6.07) is -0.864. The second-order valence-corrected chi connectivity index (χ2v) is 6.79. The molecule has 3 N–H and O–H groups in total. The number of imide groups is 1. The molecule has 1 aromatic rings. The lowest BCUT2D eigenvalue weighted by Gasteiger charge is -2.22. The molecule has 0 saturated heterocycles. The van der Waals surface area contributed by atoms with Crippen molar-refractivity contribution in [2.45, 2.75) is 50.6 Å². The molecule has 0 radical (unpaired) electrons. The molecule has 1 rings (SSSR count). The topological polar surface area (TPSA) is 116 Å². The Morgan fingerprint density at radius 2 is 1.95 bits per heavy atom. The highest BCUT2D eigenvalue weighted by atomic mass is 32.2. The minimum Gasteiger partial charge on any atom is -0.351 e. The smallest absolute Gasteiger partial charge is 0.318 e. The summed E-state index contributed by atoms with van der Waals surface area (Å²) >= 11 is 1.21. The SMILES string of the molecule is CC(C)[C@H](Sc1nnnn1C(C)(C)C)C(=O)NC(N)=O. The lowest BCUT2D eigenvalue weighted by atomic mass is 10.1. The van der Waals surface area contributed by atoms with Crippen LogP contribution in [0.25, 0.3) is 0 Å². The van der Waals surface area contributed by atoms with Crippen LogP contribution in [0.1, 0.15) is 34.6 Å². The Bertz CT molecular complexity index is 493. The first-order valence-electron chi connectivity index (χ1n) is 6.18. The molecule has 8 nitrogen and oxygen atoms in total. The van der Waals surface area contributed by atoms with Gasteiger partial charge in [0.1, 0.15) is 0 Å². The Morgan fingerprint density at radius 1 is 1.35 bits per heavy atom. The van der Waals surface area contributed by atoms with Crippen LogP contribution in [0, 0.1) is 5.92 Å². The summed E-state index contributed by atoms with van der Waals surface area (Å²) in [5.74, 6) is -0.453. The molecule has 1 aromatic heterocycles. The van der Waals surface area contributed by atoms with Gasteiger partial charge in [0.05, 0.1) is 10.8 Å². The van der Waals surface area contributed by atoms with Gasteiger partial charge in [-0.25, -0.2) is 9.48 Å². The number of carbonyl (C=O) groups is 2. The van der Waals surface area contributed by atoms with E-state index in [0.29, 0.717) is 5.16 Å². The van der Waals surface area contributed by atoms with E-state index < -0.39 is 17.2 Å². The molecule has 0 fully saturated rings. The Hall–Kier alpha value is -1.64. The number of rotatable bonds is 4. The maximum absolute atomic E-state index is 12.0. The van der Waals surface area contributed by atoms with Gasteiger partial charge in [0, 0.05) is 0 Å². The van der Waals surface area contributed by atoms with Crippen LogP contribution in [0.15, 0.2) is 5.16 Å². The van der Waals surface area contributed by atoms with Crippen molar-refractivity contribution in [2.24, 2.45) is 11.7 Å². The summed E-state index contributed by atoms with van der Waals surface area (Å²) < 4.78 is 1.64. The molecular formula is C11H20N6O2S. The highest BCUT2D eigenvalue weighted by Gasteiger charge is 2.29. The van der Waals surface area contributed by atoms with Crippen LogP contribution in [-0.4, -0.2) is 37.4 Å². The quantitative estimate of drug-likeness (QED) is 0.792. The zero-order chi connectivity index (χ0) is 15.5. The monoisotopic (exact) mass is 300 g/mol. The zero-order valence-electron chi connectivity index (χ0n) is 12.2. The van der Waals surface area contributed by atoms with Crippen molar-refractivity contribution in [3.8, 4) is 0 Å². The number of aromatic nitrogens is 4. The Morgan fingerprint density at radius 3 is 2.40 bits per heavy atom. The van der Waals surface area contributed by atoms with Gasteiger partial charge < -0.3 is 5.73 Å². The van der Waals surface area contributed by atoms with Crippen molar-refractivity contribution < 1.29 is 9.59 Å². The van der Waals surface area contributed by atoms with Gasteiger partial charge in [-0.15, -0.1) is 5.10 Å². The number of tetrazole rings is 1. The minimum atomic E-state index is -0.864. The van der Waals surface area contributed by atoms with E-state index >= 15 is 0 Å². The number of amides is 3. The summed E-state index contributed by atoms with van der Waals surface area (Å²) in [6.07, 6.45) is 0. The predicted molar refractivity (Wildman–Crippen MR) is 75.0 cm³/mol. The summed E-state index contributed by atoms with van der Waals surface area (Å²) in [5, 5.41) is 13.6. The maximum atomic E-state index is 12.0. The fourth-order valence-electron chi connectivity index (χ4n) is 1.47. The molecule has 0 aliphatic heterocycles. The van der Waals surface area contributed by atoms with E-state index in [1.54, 1.807) is 4.68 Å². The molecule has 0 saturated carbocycles. The molecular weight excluding hydrogens is 280 g/mol. The lowest BCUT2D eigenvalue weighted by molar-refractivity contribution is -0.120. The number of carbonyl (C=O) groups excluding carboxylic acids is 2. The lowest BCUT2D eigenvalue weighted by Crippen LogP contribution is -2.42. The number of nitrogens with one attached hydrogen (secondary N) is 1. The Kier molecular flexibility index (Phi) is 5.09. The van der Waals surface area contributed by atoms with E-state index in [9.17, 15) is 9.59 Å². The fourth-order valence-corrected chi connectivity index (χ4v) is 2.63. The van der Waals surface area contributed by atoms with Crippen molar-refractivity contribution in [3.05, 3.63) is 0 Å². The Labute approximate surface area is 121 Å². The molecule has 1 heterocycles. The third kappa shape index (κ3) is 4.19. The molecule has 112 valence electrons. The number of hydrogen-bond donors (Lipinski definition) is 2. The highest BCUT2D eigenvalue weighted by Crippen LogP contribution is 2.29. The number of urea groups is 1. The molecule has 0 aliphatic carbocycles. The van der Waals surface area contributed by atoms with Crippen molar-refractivity contribution >= 4 is 23.7 Å². The van der Waals surface area contributed by atoms with E-state index in [-0.39, 0.29) is 11.5 Å². The summed E-state index contributed by atoms with van der Waals surface area (Å²) in [6.45, 7) is 9.64. The molecule has 0 unspecified atom stereocenters. The standard InChI is InChI=1S/C11H20N6O2S/c1-6(2)7(8(18)13-9(12)19)20-10-14-15-16-17(10)11(3,4)5/h6-7H,1-5H3,(H3,12,13,18,19)/t7-/m0/s1. The molecule has 0 spiro atoms. The first kappa shape index (κ1) is 16.4. The van der Waals surface area contributed by atoms with E-state index in [2.05, 4.69) is 20.8 Å². The van der Waals surface area contributed by atoms with Crippen LogP contribution < -0.4 is 11.1 Å². The van der Waals surface area contributed by atoms with Gasteiger partial charge in [0.15, 0.2) is 0 Å². The zero-order valence-corrected chi connectivity index (χ0v) is 13.1. The van der Waals surface area contributed by atoms with Crippen LogP contribution in [-0.2, 0) is 10.3 Å². The van der Waals surface area contributed by atoms with Gasteiger partial charge in [0.25, 0.3) is 0 Å². The van der Waals surface area contributed by atoms with Gasteiger partial charge >= 0.3 is 6.03 Å². The minimum absolute atomic E-state index is 0.00975.